The van der Waals surface area contributed by atoms with E-state index in [4.69, 9.17) is 0 Å². The predicted octanol–water partition coefficient (Wildman–Crippen LogP) is 0.757. The van der Waals surface area contributed by atoms with Crippen molar-refractivity contribution >= 4 is 25.9 Å². The zero-order valence-corrected chi connectivity index (χ0v) is 16.0. The van der Waals surface area contributed by atoms with Crippen molar-refractivity contribution in [2.75, 3.05) is 25.9 Å². The quantitative estimate of drug-likeness (QED) is 0.728. The van der Waals surface area contributed by atoms with Crippen molar-refractivity contribution in [3.63, 3.8) is 0 Å². The highest BCUT2D eigenvalue weighted by Gasteiger charge is 2.22. The molecule has 2 aromatic rings. The molecule has 0 amide bonds. The second-order valence-corrected chi connectivity index (χ2v) is 9.62. The number of nitrogens with zero attached hydrogens (tertiary/aromatic N) is 3. The first-order valence-corrected chi connectivity index (χ1v) is 10.2. The number of rotatable bonds is 7. The molecule has 1 heterocycles. The van der Waals surface area contributed by atoms with Crippen LogP contribution in [0.5, 0.6) is 0 Å². The summed E-state index contributed by atoms with van der Waals surface area (Å²) in [5.74, 6) is 0. The Bertz CT molecular complexity index is 934. The third-order valence-corrected chi connectivity index (χ3v) is 6.89. The van der Waals surface area contributed by atoms with Gasteiger partial charge in [-0.15, -0.1) is 0 Å². The molecule has 0 aliphatic heterocycles. The molecule has 0 radical (unpaired) electrons. The van der Waals surface area contributed by atoms with Gasteiger partial charge < -0.3 is 0 Å². The second-order valence-electron chi connectivity index (χ2n) is 5.70. The van der Waals surface area contributed by atoms with Crippen molar-refractivity contribution in [2.45, 2.75) is 18.4 Å². The first-order chi connectivity index (χ1) is 11.5. The Morgan fingerprint density at radius 2 is 1.68 bits per heavy atom. The fourth-order valence-corrected chi connectivity index (χ4v) is 3.74. The number of hydrogen-bond donors (Lipinski definition) is 2. The third kappa shape index (κ3) is 4.37. The topological polar surface area (TPSA) is 115 Å². The molecule has 9 nitrogen and oxygen atoms in total. The van der Waals surface area contributed by atoms with Gasteiger partial charge in [-0.25, -0.2) is 8.42 Å². The smallest absolute Gasteiger partial charge is 0.283 e. The summed E-state index contributed by atoms with van der Waals surface area (Å²) in [4.78, 5) is 0.0731. The molecule has 2 N–H and O–H groups in total. The van der Waals surface area contributed by atoms with Gasteiger partial charge in [0.05, 0.1) is 11.1 Å². The molecule has 0 unspecified atom stereocenters. The van der Waals surface area contributed by atoms with Crippen molar-refractivity contribution in [3.05, 3.63) is 41.7 Å². The zero-order chi connectivity index (χ0) is 18.8. The highest BCUT2D eigenvalue weighted by atomic mass is 32.2. The van der Waals surface area contributed by atoms with E-state index in [0.29, 0.717) is 0 Å². The van der Waals surface area contributed by atoms with Crippen LogP contribution in [0.25, 0.3) is 0 Å². The molecule has 1 aromatic carbocycles. The minimum absolute atomic E-state index is 0.0731. The van der Waals surface area contributed by atoms with E-state index in [1.165, 1.54) is 49.7 Å². The molecule has 138 valence electrons. The van der Waals surface area contributed by atoms with Crippen molar-refractivity contribution in [1.82, 2.24) is 18.8 Å². The number of aromatic amines is 1. The van der Waals surface area contributed by atoms with Gasteiger partial charge in [-0.2, -0.15) is 22.1 Å². The number of anilines is 1. The van der Waals surface area contributed by atoms with Crippen LogP contribution in [0.3, 0.4) is 0 Å². The van der Waals surface area contributed by atoms with Crippen LogP contribution in [0.1, 0.15) is 11.3 Å². The molecule has 0 fully saturated rings. The Balaban J connectivity index is 2.18. The van der Waals surface area contributed by atoms with E-state index in [-0.39, 0.29) is 17.1 Å². The van der Waals surface area contributed by atoms with Gasteiger partial charge >= 0.3 is 10.2 Å². The van der Waals surface area contributed by atoms with E-state index in [1.54, 1.807) is 6.20 Å². The normalized spacial score (nSPS) is 12.7. The average molecular weight is 387 g/mol. The molecule has 0 atom stereocenters. The number of benzene rings is 1. The molecule has 11 heteroatoms. The average Bonchev–Trinajstić information content (AvgIpc) is 2.92. The molecular formula is C14H21N5O4S2. The van der Waals surface area contributed by atoms with Crippen LogP contribution in [-0.2, 0) is 26.8 Å². The molecular weight excluding hydrogens is 366 g/mol. The third-order valence-electron chi connectivity index (χ3n) is 3.62. The van der Waals surface area contributed by atoms with E-state index in [1.807, 2.05) is 6.92 Å². The lowest BCUT2D eigenvalue weighted by Crippen LogP contribution is -2.29. The van der Waals surface area contributed by atoms with Gasteiger partial charge in [0.25, 0.3) is 0 Å². The molecule has 1 aromatic heterocycles. The van der Waals surface area contributed by atoms with Crippen LogP contribution in [0.15, 0.2) is 35.4 Å². The lowest BCUT2D eigenvalue weighted by molar-refractivity contribution is 0.466. The van der Waals surface area contributed by atoms with Crippen molar-refractivity contribution < 1.29 is 16.8 Å². The number of hydrogen-bond acceptors (Lipinski definition) is 5. The maximum absolute atomic E-state index is 12.6. The second kappa shape index (κ2) is 7.12. The maximum Gasteiger partial charge on any atom is 0.301 e. The number of sulfonamides is 1. The van der Waals surface area contributed by atoms with Gasteiger partial charge in [-0.3, -0.25) is 9.82 Å². The Morgan fingerprint density at radius 1 is 1.08 bits per heavy atom. The highest BCUT2D eigenvalue weighted by molar-refractivity contribution is 7.90. The largest absolute Gasteiger partial charge is 0.301 e. The lowest BCUT2D eigenvalue weighted by Gasteiger charge is -2.17. The first kappa shape index (κ1) is 19.4. The van der Waals surface area contributed by atoms with Crippen molar-refractivity contribution in [2.24, 2.45) is 0 Å². The van der Waals surface area contributed by atoms with Crippen molar-refractivity contribution in [3.8, 4) is 0 Å². The van der Waals surface area contributed by atoms with Gasteiger partial charge in [0.15, 0.2) is 0 Å². The van der Waals surface area contributed by atoms with E-state index in [0.717, 1.165) is 15.6 Å². The van der Waals surface area contributed by atoms with Crippen LogP contribution in [-0.4, -0.2) is 56.8 Å². The van der Waals surface area contributed by atoms with Gasteiger partial charge in [-0.05, 0) is 31.2 Å². The zero-order valence-electron chi connectivity index (χ0n) is 14.4. The molecule has 25 heavy (non-hydrogen) atoms. The van der Waals surface area contributed by atoms with Crippen LogP contribution in [0.4, 0.5) is 5.69 Å². The Labute approximate surface area is 147 Å². The standard InChI is InChI=1S/C14H21N5O4S2/c1-11-12(9-15-16-11)10-19(4)24(20,21)14-7-5-13(6-8-14)17-25(22,23)18(2)3/h5-9,17H,10H2,1-4H3,(H,15,16). The molecule has 0 aliphatic carbocycles. The number of aromatic nitrogens is 2. The van der Waals surface area contributed by atoms with Crippen LogP contribution < -0.4 is 4.72 Å². The molecule has 0 saturated carbocycles. The van der Waals surface area contributed by atoms with Crippen LogP contribution in [0.2, 0.25) is 0 Å². The summed E-state index contributed by atoms with van der Waals surface area (Å²) in [6.45, 7) is 1.99. The van der Waals surface area contributed by atoms with Crippen molar-refractivity contribution in [1.29, 1.82) is 0 Å². The molecule has 0 aliphatic rings. The van der Waals surface area contributed by atoms with E-state index >= 15 is 0 Å². The number of H-pyrrole nitrogens is 1. The summed E-state index contributed by atoms with van der Waals surface area (Å²) in [5.41, 5.74) is 1.86. The minimum Gasteiger partial charge on any atom is -0.283 e. The monoisotopic (exact) mass is 387 g/mol. The molecule has 0 bridgehead atoms. The van der Waals surface area contributed by atoms with Crippen LogP contribution in [0, 0.1) is 6.92 Å². The summed E-state index contributed by atoms with van der Waals surface area (Å²) in [6.07, 6.45) is 1.58. The first-order valence-electron chi connectivity index (χ1n) is 7.29. The summed E-state index contributed by atoms with van der Waals surface area (Å²) < 4.78 is 53.4. The van der Waals surface area contributed by atoms with Gasteiger partial charge in [0.1, 0.15) is 0 Å². The van der Waals surface area contributed by atoms with Crippen LogP contribution >= 0.6 is 0 Å². The lowest BCUT2D eigenvalue weighted by atomic mass is 10.3. The molecule has 2 rings (SSSR count). The Kier molecular flexibility index (Phi) is 5.52. The van der Waals surface area contributed by atoms with Gasteiger partial charge in [0.2, 0.25) is 10.0 Å². The highest BCUT2D eigenvalue weighted by Crippen LogP contribution is 2.20. The fourth-order valence-electron chi connectivity index (χ4n) is 1.98. The SMILES string of the molecule is Cc1[nH]ncc1CN(C)S(=O)(=O)c1ccc(NS(=O)(=O)N(C)C)cc1. The Morgan fingerprint density at radius 3 is 2.16 bits per heavy atom. The Hall–Kier alpha value is -1.95. The van der Waals surface area contributed by atoms with Gasteiger partial charge in [0, 0.05) is 44.6 Å². The van der Waals surface area contributed by atoms with E-state index in [9.17, 15) is 16.8 Å². The number of aryl methyl sites for hydroxylation is 1. The predicted molar refractivity (Wildman–Crippen MR) is 94.6 cm³/mol. The maximum atomic E-state index is 12.6. The minimum atomic E-state index is -3.70. The summed E-state index contributed by atoms with van der Waals surface area (Å²) in [7, 11) is -3.08. The number of nitrogens with one attached hydrogen (secondary N) is 2. The van der Waals surface area contributed by atoms with Gasteiger partial charge in [-0.1, -0.05) is 0 Å². The molecule has 0 saturated heterocycles. The van der Waals surface area contributed by atoms with E-state index in [2.05, 4.69) is 14.9 Å². The summed E-state index contributed by atoms with van der Waals surface area (Å²) >= 11 is 0. The molecule has 0 spiro atoms. The summed E-state index contributed by atoms with van der Waals surface area (Å²) in [6, 6.07) is 5.54. The fraction of sp³-hybridized carbons (Fsp3) is 0.357. The summed E-state index contributed by atoms with van der Waals surface area (Å²) in [5, 5.41) is 6.64. The van der Waals surface area contributed by atoms with E-state index < -0.39 is 20.2 Å².